The molecule has 0 bridgehead atoms. The van der Waals surface area contributed by atoms with Crippen molar-refractivity contribution < 1.29 is 14.3 Å². The predicted octanol–water partition coefficient (Wildman–Crippen LogP) is 3.49. The number of nitrogens with zero attached hydrogens (tertiary/aromatic N) is 4. The van der Waals surface area contributed by atoms with Crippen LogP contribution in [0.4, 0.5) is 5.82 Å². The normalized spacial score (nSPS) is 16.7. The van der Waals surface area contributed by atoms with E-state index in [1.807, 2.05) is 49.6 Å². The Balaban J connectivity index is 1.55. The van der Waals surface area contributed by atoms with Crippen LogP contribution in [0.5, 0.6) is 0 Å². The second-order valence-corrected chi connectivity index (χ2v) is 7.83. The molecule has 1 aromatic carbocycles. The molecular formula is C23H26N4O3. The van der Waals surface area contributed by atoms with Crippen molar-refractivity contribution >= 4 is 17.7 Å². The SMILES string of the molecule is Cc1cccc(-n2c(C)cc(C(=O)OC3CCCN(c4ccn(C)n4)C3=O)c2C)c1. The van der Waals surface area contributed by atoms with Crippen LogP contribution in [0.25, 0.3) is 5.69 Å². The highest BCUT2D eigenvalue weighted by Crippen LogP contribution is 2.25. The monoisotopic (exact) mass is 406 g/mol. The fourth-order valence-electron chi connectivity index (χ4n) is 4.05. The van der Waals surface area contributed by atoms with Crippen molar-refractivity contribution in [1.82, 2.24) is 14.3 Å². The van der Waals surface area contributed by atoms with E-state index in [2.05, 4.69) is 11.2 Å². The van der Waals surface area contributed by atoms with Gasteiger partial charge >= 0.3 is 5.97 Å². The number of aryl methyl sites for hydroxylation is 3. The van der Waals surface area contributed by atoms with E-state index in [0.717, 1.165) is 29.1 Å². The Morgan fingerprint density at radius 1 is 1.17 bits per heavy atom. The standard InChI is InChI=1S/C23H26N4O3/c1-15-7-5-8-18(13-15)27-16(2)14-19(17(27)3)23(29)30-20-9-6-11-26(22(20)28)21-10-12-25(4)24-21/h5,7-8,10,12-14,20H,6,9,11H2,1-4H3. The molecule has 30 heavy (non-hydrogen) atoms. The number of esters is 1. The fraction of sp³-hybridized carbons (Fsp3) is 0.348. The van der Waals surface area contributed by atoms with E-state index >= 15 is 0 Å². The number of piperidine rings is 1. The molecule has 156 valence electrons. The molecule has 1 amide bonds. The van der Waals surface area contributed by atoms with E-state index < -0.39 is 12.1 Å². The van der Waals surface area contributed by atoms with Gasteiger partial charge in [0.05, 0.1) is 5.56 Å². The molecule has 0 radical (unpaired) electrons. The molecule has 3 heterocycles. The van der Waals surface area contributed by atoms with E-state index in [1.54, 1.807) is 28.9 Å². The van der Waals surface area contributed by atoms with E-state index in [0.29, 0.717) is 24.3 Å². The Morgan fingerprint density at radius 2 is 1.97 bits per heavy atom. The zero-order chi connectivity index (χ0) is 21.4. The maximum absolute atomic E-state index is 13.0. The van der Waals surface area contributed by atoms with Gasteiger partial charge in [0.25, 0.3) is 5.91 Å². The molecule has 1 atom stereocenters. The van der Waals surface area contributed by atoms with Gasteiger partial charge < -0.3 is 9.30 Å². The third kappa shape index (κ3) is 3.63. The van der Waals surface area contributed by atoms with E-state index in [-0.39, 0.29) is 5.91 Å². The molecule has 1 saturated heterocycles. The Hall–Kier alpha value is -3.35. The van der Waals surface area contributed by atoms with Gasteiger partial charge in [-0.25, -0.2) is 4.79 Å². The highest BCUT2D eigenvalue weighted by molar-refractivity contribution is 5.99. The summed E-state index contributed by atoms with van der Waals surface area (Å²) in [4.78, 5) is 27.5. The molecular weight excluding hydrogens is 380 g/mol. The zero-order valence-corrected chi connectivity index (χ0v) is 17.8. The first-order valence-corrected chi connectivity index (χ1v) is 10.1. The summed E-state index contributed by atoms with van der Waals surface area (Å²) in [6.07, 6.45) is 2.26. The molecule has 2 aromatic heterocycles. The van der Waals surface area contributed by atoms with Crippen LogP contribution in [0.15, 0.2) is 42.6 Å². The van der Waals surface area contributed by atoms with Crippen LogP contribution in [0, 0.1) is 20.8 Å². The molecule has 0 N–H and O–H groups in total. The number of aromatic nitrogens is 3. The number of hydrogen-bond donors (Lipinski definition) is 0. The van der Waals surface area contributed by atoms with Gasteiger partial charge in [0.2, 0.25) is 0 Å². The summed E-state index contributed by atoms with van der Waals surface area (Å²) in [5.41, 5.74) is 4.37. The van der Waals surface area contributed by atoms with Gasteiger partial charge in [-0.1, -0.05) is 12.1 Å². The number of hydrogen-bond acceptors (Lipinski definition) is 4. The molecule has 1 fully saturated rings. The lowest BCUT2D eigenvalue weighted by atomic mass is 10.1. The highest BCUT2D eigenvalue weighted by Gasteiger charge is 2.34. The Morgan fingerprint density at radius 3 is 2.67 bits per heavy atom. The zero-order valence-electron chi connectivity index (χ0n) is 17.8. The first-order valence-electron chi connectivity index (χ1n) is 10.1. The molecule has 1 aliphatic heterocycles. The van der Waals surface area contributed by atoms with Crippen LogP contribution >= 0.6 is 0 Å². The third-order valence-corrected chi connectivity index (χ3v) is 5.53. The topological polar surface area (TPSA) is 69.4 Å². The number of carbonyl (C=O) groups is 2. The summed E-state index contributed by atoms with van der Waals surface area (Å²) >= 11 is 0. The van der Waals surface area contributed by atoms with Gasteiger partial charge in [0, 0.05) is 42.9 Å². The number of anilines is 1. The van der Waals surface area contributed by atoms with E-state index in [1.165, 1.54) is 0 Å². The van der Waals surface area contributed by atoms with Gasteiger partial charge in [-0.2, -0.15) is 5.10 Å². The molecule has 1 aliphatic rings. The van der Waals surface area contributed by atoms with Gasteiger partial charge in [-0.3, -0.25) is 14.4 Å². The largest absolute Gasteiger partial charge is 0.449 e. The Bertz CT molecular complexity index is 1110. The summed E-state index contributed by atoms with van der Waals surface area (Å²) in [6.45, 7) is 6.47. The number of rotatable bonds is 4. The predicted molar refractivity (Wildman–Crippen MR) is 114 cm³/mol. The van der Waals surface area contributed by atoms with E-state index in [9.17, 15) is 9.59 Å². The van der Waals surface area contributed by atoms with Gasteiger partial charge in [0.15, 0.2) is 11.9 Å². The van der Waals surface area contributed by atoms with Crippen molar-refractivity contribution in [2.24, 2.45) is 7.05 Å². The minimum absolute atomic E-state index is 0.221. The minimum Gasteiger partial charge on any atom is -0.449 e. The number of benzene rings is 1. The van der Waals surface area contributed by atoms with Crippen LogP contribution in [-0.2, 0) is 16.6 Å². The first-order chi connectivity index (χ1) is 14.3. The second-order valence-electron chi connectivity index (χ2n) is 7.83. The van der Waals surface area contributed by atoms with Crippen LogP contribution in [0.2, 0.25) is 0 Å². The molecule has 7 nitrogen and oxygen atoms in total. The van der Waals surface area contributed by atoms with Crippen LogP contribution in [-0.4, -0.2) is 38.9 Å². The minimum atomic E-state index is -0.796. The Kier molecular flexibility index (Phi) is 5.20. The van der Waals surface area contributed by atoms with Crippen molar-refractivity contribution in [2.75, 3.05) is 11.4 Å². The average molecular weight is 406 g/mol. The molecule has 3 aromatic rings. The van der Waals surface area contributed by atoms with Crippen molar-refractivity contribution in [3.63, 3.8) is 0 Å². The van der Waals surface area contributed by atoms with Gasteiger partial charge in [-0.15, -0.1) is 0 Å². The molecule has 1 unspecified atom stereocenters. The van der Waals surface area contributed by atoms with Crippen LogP contribution in [0.1, 0.15) is 40.2 Å². The summed E-state index contributed by atoms with van der Waals surface area (Å²) in [5, 5.41) is 4.30. The van der Waals surface area contributed by atoms with Crippen molar-refractivity contribution in [3.8, 4) is 5.69 Å². The second kappa shape index (κ2) is 7.82. The number of carbonyl (C=O) groups excluding carboxylic acids is 2. The maximum atomic E-state index is 13.0. The van der Waals surface area contributed by atoms with Crippen LogP contribution < -0.4 is 4.90 Å². The fourth-order valence-corrected chi connectivity index (χ4v) is 4.05. The summed E-state index contributed by atoms with van der Waals surface area (Å²) in [6, 6.07) is 11.7. The van der Waals surface area contributed by atoms with Crippen molar-refractivity contribution in [1.29, 1.82) is 0 Å². The number of amides is 1. The van der Waals surface area contributed by atoms with Crippen molar-refractivity contribution in [2.45, 2.75) is 39.7 Å². The highest BCUT2D eigenvalue weighted by atomic mass is 16.5. The van der Waals surface area contributed by atoms with E-state index in [4.69, 9.17) is 4.74 Å². The van der Waals surface area contributed by atoms with Crippen LogP contribution in [0.3, 0.4) is 0 Å². The third-order valence-electron chi connectivity index (χ3n) is 5.53. The lowest BCUT2D eigenvalue weighted by Crippen LogP contribution is -2.46. The first kappa shape index (κ1) is 19.9. The average Bonchev–Trinajstić information content (AvgIpc) is 3.26. The lowest BCUT2D eigenvalue weighted by Gasteiger charge is -2.30. The summed E-state index contributed by atoms with van der Waals surface area (Å²) in [5.74, 6) is -0.107. The quantitative estimate of drug-likeness (QED) is 0.622. The molecule has 0 aliphatic carbocycles. The maximum Gasteiger partial charge on any atom is 0.340 e. The molecule has 7 heteroatoms. The van der Waals surface area contributed by atoms with Crippen molar-refractivity contribution in [3.05, 3.63) is 65.1 Å². The molecule has 0 spiro atoms. The summed E-state index contributed by atoms with van der Waals surface area (Å²) < 4.78 is 9.36. The Labute approximate surface area is 175 Å². The molecule has 4 rings (SSSR count). The van der Waals surface area contributed by atoms with Gasteiger partial charge in [-0.05, 0) is 57.4 Å². The number of ether oxygens (including phenoxy) is 1. The smallest absolute Gasteiger partial charge is 0.340 e. The molecule has 0 saturated carbocycles. The lowest BCUT2D eigenvalue weighted by molar-refractivity contribution is -0.129. The van der Waals surface area contributed by atoms with Gasteiger partial charge in [0.1, 0.15) is 0 Å². The summed E-state index contributed by atoms with van der Waals surface area (Å²) in [7, 11) is 1.80.